The van der Waals surface area contributed by atoms with Crippen LogP contribution in [0.4, 0.5) is 0 Å². The van der Waals surface area contributed by atoms with E-state index < -0.39 is 0 Å². The van der Waals surface area contributed by atoms with Gasteiger partial charge < -0.3 is 10.2 Å². The quantitative estimate of drug-likeness (QED) is 0.866. The van der Waals surface area contributed by atoms with E-state index in [1.54, 1.807) is 6.26 Å². The lowest BCUT2D eigenvalue weighted by Gasteiger charge is -2.22. The molecule has 3 rings (SSSR count). The highest BCUT2D eigenvalue weighted by Gasteiger charge is 2.49. The van der Waals surface area contributed by atoms with Crippen LogP contribution >= 0.6 is 11.6 Å². The second-order valence-corrected chi connectivity index (χ2v) is 5.11. The maximum absolute atomic E-state index is 6.33. The fourth-order valence-corrected chi connectivity index (χ4v) is 2.94. The highest BCUT2D eigenvalue weighted by atomic mass is 35.5. The minimum Gasteiger partial charge on any atom is -0.464 e. The minimum atomic E-state index is 0.0699. The predicted octanol–water partition coefficient (Wildman–Crippen LogP) is 3.47. The molecule has 84 valence electrons. The molecule has 0 bridgehead atoms. The molecule has 2 nitrogen and oxygen atoms in total. The van der Waals surface area contributed by atoms with Gasteiger partial charge in [-0.25, -0.2) is 0 Å². The molecule has 1 aromatic carbocycles. The van der Waals surface area contributed by atoms with Crippen molar-refractivity contribution in [3.05, 3.63) is 35.0 Å². The van der Waals surface area contributed by atoms with Gasteiger partial charge >= 0.3 is 0 Å². The van der Waals surface area contributed by atoms with Crippen molar-refractivity contribution in [1.29, 1.82) is 0 Å². The average molecular weight is 236 g/mol. The lowest BCUT2D eigenvalue weighted by Crippen LogP contribution is -2.31. The molecular weight excluding hydrogens is 222 g/mol. The Kier molecular flexibility index (Phi) is 2.07. The number of fused-ring (bicyclic) bond motifs is 1. The van der Waals surface area contributed by atoms with Crippen LogP contribution in [0.25, 0.3) is 11.0 Å². The molecule has 2 aromatic rings. The highest BCUT2D eigenvalue weighted by Crippen LogP contribution is 2.54. The molecule has 1 atom stereocenters. The van der Waals surface area contributed by atoms with Crippen molar-refractivity contribution < 1.29 is 4.42 Å². The van der Waals surface area contributed by atoms with Gasteiger partial charge in [0, 0.05) is 21.9 Å². The van der Waals surface area contributed by atoms with Crippen LogP contribution in [0.3, 0.4) is 0 Å². The van der Waals surface area contributed by atoms with Crippen LogP contribution in [0.1, 0.15) is 25.3 Å². The molecule has 0 radical (unpaired) electrons. The van der Waals surface area contributed by atoms with Crippen LogP contribution < -0.4 is 5.73 Å². The number of hydrogen-bond donors (Lipinski definition) is 1. The van der Waals surface area contributed by atoms with E-state index >= 15 is 0 Å². The van der Waals surface area contributed by atoms with Crippen LogP contribution in [0.2, 0.25) is 5.02 Å². The van der Waals surface area contributed by atoms with Gasteiger partial charge in [0.15, 0.2) is 0 Å². The summed E-state index contributed by atoms with van der Waals surface area (Å²) in [5, 5.41) is 1.92. The monoisotopic (exact) mass is 235 g/mol. The first-order valence-electron chi connectivity index (χ1n) is 5.57. The average Bonchev–Trinajstić information content (AvgIpc) is 2.90. The van der Waals surface area contributed by atoms with Crippen molar-refractivity contribution >= 4 is 22.6 Å². The Morgan fingerprint density at radius 1 is 1.38 bits per heavy atom. The fraction of sp³-hybridized carbons (Fsp3) is 0.385. The van der Waals surface area contributed by atoms with E-state index in [0.717, 1.165) is 28.8 Å². The van der Waals surface area contributed by atoms with E-state index in [-0.39, 0.29) is 11.5 Å². The summed E-state index contributed by atoms with van der Waals surface area (Å²) in [6.07, 6.45) is 3.95. The van der Waals surface area contributed by atoms with Gasteiger partial charge in [0.05, 0.1) is 6.26 Å². The molecule has 1 aliphatic rings. The van der Waals surface area contributed by atoms with E-state index in [1.807, 2.05) is 18.2 Å². The topological polar surface area (TPSA) is 39.2 Å². The van der Waals surface area contributed by atoms with E-state index in [1.165, 1.54) is 5.56 Å². The Balaban J connectivity index is 2.29. The first kappa shape index (κ1) is 10.2. The minimum absolute atomic E-state index is 0.0699. The largest absolute Gasteiger partial charge is 0.464 e. The van der Waals surface area contributed by atoms with Gasteiger partial charge in [-0.2, -0.15) is 0 Å². The lowest BCUT2D eigenvalue weighted by atomic mass is 9.87. The van der Waals surface area contributed by atoms with Crippen molar-refractivity contribution in [3.63, 3.8) is 0 Å². The molecule has 0 spiro atoms. The summed E-state index contributed by atoms with van der Waals surface area (Å²) >= 11 is 6.33. The van der Waals surface area contributed by atoms with Crippen LogP contribution in [0.5, 0.6) is 0 Å². The second kappa shape index (κ2) is 3.25. The summed E-state index contributed by atoms with van der Waals surface area (Å²) in [5.41, 5.74) is 8.25. The first-order chi connectivity index (χ1) is 7.65. The Morgan fingerprint density at radius 2 is 2.12 bits per heavy atom. The number of halogens is 1. The van der Waals surface area contributed by atoms with E-state index in [4.69, 9.17) is 21.8 Å². The van der Waals surface area contributed by atoms with Crippen molar-refractivity contribution in [3.8, 4) is 0 Å². The molecule has 16 heavy (non-hydrogen) atoms. The number of rotatable bonds is 2. The summed E-state index contributed by atoms with van der Waals surface area (Å²) in [7, 11) is 0. The van der Waals surface area contributed by atoms with Gasteiger partial charge in [0.2, 0.25) is 0 Å². The van der Waals surface area contributed by atoms with Gasteiger partial charge in [-0.15, -0.1) is 0 Å². The zero-order valence-corrected chi connectivity index (χ0v) is 9.92. The van der Waals surface area contributed by atoms with Crippen molar-refractivity contribution in [2.45, 2.75) is 31.2 Å². The van der Waals surface area contributed by atoms with E-state index in [0.29, 0.717) is 0 Å². The van der Waals surface area contributed by atoms with Crippen molar-refractivity contribution in [1.82, 2.24) is 0 Å². The third-order valence-corrected chi connectivity index (χ3v) is 4.06. The summed E-state index contributed by atoms with van der Waals surface area (Å²) in [4.78, 5) is 0. The van der Waals surface area contributed by atoms with Crippen molar-refractivity contribution in [2.75, 3.05) is 0 Å². The standard InChI is InChI=1S/C13H14ClNO/c1-8(15)13(5-6-13)12-9-4-7-16-11(9)3-2-10(12)14/h2-4,7-8H,5-6,15H2,1H3. The normalized spacial score (nSPS) is 19.9. The molecule has 0 amide bonds. The maximum atomic E-state index is 6.33. The smallest absolute Gasteiger partial charge is 0.134 e. The third-order valence-electron chi connectivity index (χ3n) is 3.74. The van der Waals surface area contributed by atoms with Crippen LogP contribution in [-0.2, 0) is 5.41 Å². The van der Waals surface area contributed by atoms with Gasteiger partial charge in [-0.05, 0) is 43.5 Å². The van der Waals surface area contributed by atoms with E-state index in [2.05, 4.69) is 6.92 Å². The van der Waals surface area contributed by atoms with Gasteiger partial charge in [-0.3, -0.25) is 0 Å². The summed E-state index contributed by atoms with van der Waals surface area (Å²) in [6.45, 7) is 2.06. The summed E-state index contributed by atoms with van der Waals surface area (Å²) in [5.74, 6) is 0. The van der Waals surface area contributed by atoms with Crippen LogP contribution in [-0.4, -0.2) is 6.04 Å². The van der Waals surface area contributed by atoms with Gasteiger partial charge in [0.25, 0.3) is 0 Å². The Labute approximate surface area is 99.4 Å². The molecular formula is C13H14ClNO. The molecule has 1 unspecified atom stereocenters. The van der Waals surface area contributed by atoms with Gasteiger partial charge in [0.1, 0.15) is 5.58 Å². The first-order valence-corrected chi connectivity index (χ1v) is 5.95. The Hall–Kier alpha value is -0.990. The van der Waals surface area contributed by atoms with Gasteiger partial charge in [-0.1, -0.05) is 11.6 Å². The molecule has 0 saturated heterocycles. The second-order valence-electron chi connectivity index (χ2n) is 4.70. The number of hydrogen-bond acceptors (Lipinski definition) is 2. The highest BCUT2D eigenvalue weighted by molar-refractivity contribution is 6.32. The van der Waals surface area contributed by atoms with Crippen molar-refractivity contribution in [2.24, 2.45) is 5.73 Å². The molecule has 3 heteroatoms. The zero-order chi connectivity index (χ0) is 11.3. The molecule has 2 N–H and O–H groups in total. The number of benzene rings is 1. The number of furan rings is 1. The fourth-order valence-electron chi connectivity index (χ4n) is 2.59. The van der Waals surface area contributed by atoms with Crippen LogP contribution in [0.15, 0.2) is 28.9 Å². The Morgan fingerprint density at radius 3 is 2.75 bits per heavy atom. The zero-order valence-electron chi connectivity index (χ0n) is 9.16. The SMILES string of the molecule is CC(N)C1(c2c(Cl)ccc3occc23)CC1. The Bertz CT molecular complexity index is 540. The summed E-state index contributed by atoms with van der Waals surface area (Å²) < 4.78 is 5.42. The number of nitrogens with two attached hydrogens (primary N) is 1. The molecule has 1 saturated carbocycles. The third kappa shape index (κ3) is 1.23. The van der Waals surface area contributed by atoms with E-state index in [9.17, 15) is 0 Å². The molecule has 1 fully saturated rings. The molecule has 0 aliphatic heterocycles. The molecule has 1 aromatic heterocycles. The molecule has 1 heterocycles. The predicted molar refractivity (Wildman–Crippen MR) is 65.8 cm³/mol. The maximum Gasteiger partial charge on any atom is 0.134 e. The van der Waals surface area contributed by atoms with Crippen LogP contribution in [0, 0.1) is 0 Å². The molecule has 1 aliphatic carbocycles. The lowest BCUT2D eigenvalue weighted by molar-refractivity contribution is 0.560. The summed E-state index contributed by atoms with van der Waals surface area (Å²) in [6, 6.07) is 5.94.